The van der Waals surface area contributed by atoms with E-state index in [-0.39, 0.29) is 6.10 Å². The van der Waals surface area contributed by atoms with Gasteiger partial charge in [-0.15, -0.1) is 0 Å². The van der Waals surface area contributed by atoms with Crippen LogP contribution >= 0.6 is 0 Å². The highest BCUT2D eigenvalue weighted by Gasteiger charge is 2.62. The molecule has 0 aromatic heterocycles. The second-order valence-corrected chi connectivity index (χ2v) is 3.82. The van der Waals surface area contributed by atoms with Crippen molar-refractivity contribution in [3.8, 4) is 5.75 Å². The smallest absolute Gasteiger partial charge is 0.339 e. The number of hydrogen-bond acceptors (Lipinski definition) is 3. The van der Waals surface area contributed by atoms with Crippen molar-refractivity contribution in [3.63, 3.8) is 0 Å². The van der Waals surface area contributed by atoms with Gasteiger partial charge in [-0.05, 0) is 24.1 Å². The highest BCUT2D eigenvalue weighted by molar-refractivity contribution is 5.81. The molecule has 0 unspecified atom stereocenters. The van der Waals surface area contributed by atoms with E-state index < -0.39 is 11.6 Å². The Labute approximate surface area is 93.8 Å². The van der Waals surface area contributed by atoms with Gasteiger partial charge >= 0.3 is 5.97 Å². The first kappa shape index (κ1) is 11.0. The second kappa shape index (κ2) is 3.79. The first-order chi connectivity index (χ1) is 7.64. The van der Waals surface area contributed by atoms with Crippen molar-refractivity contribution in [3.05, 3.63) is 29.8 Å². The Bertz CT molecular complexity index is 398. The van der Waals surface area contributed by atoms with E-state index in [1.807, 2.05) is 19.1 Å². The Kier molecular flexibility index (Phi) is 2.59. The molecular weight excluding hydrogens is 208 g/mol. The van der Waals surface area contributed by atoms with Crippen LogP contribution in [0.3, 0.4) is 0 Å². The summed E-state index contributed by atoms with van der Waals surface area (Å²) in [4.78, 5) is 11.1. The number of hydrogen-bond donors (Lipinski definition) is 1. The minimum absolute atomic E-state index is 0.332. The number of methoxy groups -OCH3 is 1. The maximum atomic E-state index is 11.1. The normalized spacial score (nSPS) is 27.5. The first-order valence-electron chi connectivity index (χ1n) is 5.19. The van der Waals surface area contributed by atoms with Gasteiger partial charge in [-0.2, -0.15) is 0 Å². The summed E-state index contributed by atoms with van der Waals surface area (Å²) in [5, 5.41) is 9.09. The number of rotatable bonds is 4. The molecule has 0 saturated carbocycles. The van der Waals surface area contributed by atoms with Gasteiger partial charge in [0.1, 0.15) is 11.9 Å². The summed E-state index contributed by atoms with van der Waals surface area (Å²) in [6.07, 6.45) is 0.139. The third-order valence-corrected chi connectivity index (χ3v) is 3.00. The van der Waals surface area contributed by atoms with Gasteiger partial charge in [0.2, 0.25) is 0 Å². The largest absolute Gasteiger partial charge is 0.497 e. The quantitative estimate of drug-likeness (QED) is 0.791. The molecule has 1 aliphatic rings. The number of carbonyl (C=O) groups is 1. The summed E-state index contributed by atoms with van der Waals surface area (Å²) in [5.41, 5.74) is -0.140. The van der Waals surface area contributed by atoms with Crippen LogP contribution in [-0.4, -0.2) is 23.8 Å². The molecule has 0 amide bonds. The molecule has 1 N–H and O–H groups in total. The number of carboxylic acids is 1. The van der Waals surface area contributed by atoms with Gasteiger partial charge in [0.15, 0.2) is 5.60 Å². The van der Waals surface area contributed by atoms with Crippen LogP contribution < -0.4 is 4.74 Å². The zero-order chi connectivity index (χ0) is 11.8. The van der Waals surface area contributed by atoms with Crippen molar-refractivity contribution < 1.29 is 19.4 Å². The molecule has 86 valence electrons. The lowest BCUT2D eigenvalue weighted by Gasteiger charge is -2.04. The third kappa shape index (κ3) is 1.55. The summed E-state index contributed by atoms with van der Waals surface area (Å²) in [6.45, 7) is 1.82. The van der Waals surface area contributed by atoms with E-state index in [0.717, 1.165) is 11.3 Å². The summed E-state index contributed by atoms with van der Waals surface area (Å²) in [7, 11) is 1.59. The fourth-order valence-electron chi connectivity index (χ4n) is 1.87. The van der Waals surface area contributed by atoms with Crippen LogP contribution in [0, 0.1) is 0 Å². The Morgan fingerprint density at radius 1 is 1.50 bits per heavy atom. The van der Waals surface area contributed by atoms with E-state index in [1.165, 1.54) is 0 Å². The molecule has 2 atom stereocenters. The maximum absolute atomic E-state index is 11.1. The predicted molar refractivity (Wildman–Crippen MR) is 57.5 cm³/mol. The summed E-state index contributed by atoms with van der Waals surface area (Å²) in [5.74, 6) is -0.141. The lowest BCUT2D eigenvalue weighted by atomic mass is 9.97. The Balaban J connectivity index is 2.18. The molecule has 1 aromatic carbocycles. The zero-order valence-corrected chi connectivity index (χ0v) is 9.27. The monoisotopic (exact) mass is 222 g/mol. The number of ether oxygens (including phenoxy) is 2. The average molecular weight is 222 g/mol. The van der Waals surface area contributed by atoms with Gasteiger partial charge in [0.05, 0.1) is 7.11 Å². The number of benzene rings is 1. The number of epoxide rings is 1. The van der Waals surface area contributed by atoms with E-state index in [1.54, 1.807) is 19.2 Å². The molecule has 2 rings (SSSR count). The van der Waals surface area contributed by atoms with Crippen molar-refractivity contribution in [2.24, 2.45) is 0 Å². The molecule has 0 spiro atoms. The number of aliphatic carboxylic acids is 1. The highest BCUT2D eigenvalue weighted by atomic mass is 16.6. The molecule has 4 heteroatoms. The molecule has 0 radical (unpaired) electrons. The van der Waals surface area contributed by atoms with Gasteiger partial charge in [0, 0.05) is 0 Å². The van der Waals surface area contributed by atoms with Crippen molar-refractivity contribution >= 4 is 5.97 Å². The minimum atomic E-state index is -1.02. The van der Waals surface area contributed by atoms with Crippen molar-refractivity contribution in [1.82, 2.24) is 0 Å². The Hall–Kier alpha value is -1.55. The molecule has 1 aliphatic heterocycles. The lowest BCUT2D eigenvalue weighted by molar-refractivity contribution is -0.143. The molecule has 1 heterocycles. The molecule has 1 aromatic rings. The zero-order valence-electron chi connectivity index (χ0n) is 9.27. The van der Waals surface area contributed by atoms with E-state index >= 15 is 0 Å². The number of carboxylic acid groups (broad SMARTS) is 1. The molecule has 1 fully saturated rings. The maximum Gasteiger partial charge on any atom is 0.339 e. The third-order valence-electron chi connectivity index (χ3n) is 3.00. The van der Waals surface area contributed by atoms with Gasteiger partial charge in [-0.1, -0.05) is 19.1 Å². The van der Waals surface area contributed by atoms with Crippen LogP contribution in [0.5, 0.6) is 5.75 Å². The SMILES string of the molecule is CC[C@@]1(C(=O)O)O[C@H]1c1ccc(OC)cc1. The predicted octanol–water partition coefficient (Wildman–Crippen LogP) is 2.00. The van der Waals surface area contributed by atoms with Gasteiger partial charge in [-0.25, -0.2) is 4.79 Å². The standard InChI is InChI=1S/C12H14O4/c1-3-12(11(13)14)10(16-12)8-4-6-9(15-2)7-5-8/h4-7,10H,3H2,1-2H3,(H,13,14)/t10-,12+/m0/s1. The molecule has 0 aliphatic carbocycles. The highest BCUT2D eigenvalue weighted by Crippen LogP contribution is 2.52. The van der Waals surface area contributed by atoms with Gasteiger partial charge in [-0.3, -0.25) is 0 Å². The van der Waals surface area contributed by atoms with Crippen LogP contribution in [-0.2, 0) is 9.53 Å². The fraction of sp³-hybridized carbons (Fsp3) is 0.417. The van der Waals surface area contributed by atoms with Crippen LogP contribution in [0.4, 0.5) is 0 Å². The summed E-state index contributed by atoms with van der Waals surface area (Å²) >= 11 is 0. The molecular formula is C12H14O4. The minimum Gasteiger partial charge on any atom is -0.497 e. The Morgan fingerprint density at radius 2 is 2.12 bits per heavy atom. The van der Waals surface area contributed by atoms with Crippen molar-refractivity contribution in [2.75, 3.05) is 7.11 Å². The Morgan fingerprint density at radius 3 is 2.50 bits per heavy atom. The van der Waals surface area contributed by atoms with Crippen LogP contribution in [0.1, 0.15) is 25.0 Å². The second-order valence-electron chi connectivity index (χ2n) is 3.82. The van der Waals surface area contributed by atoms with E-state index in [0.29, 0.717) is 6.42 Å². The van der Waals surface area contributed by atoms with Gasteiger partial charge in [0.25, 0.3) is 0 Å². The molecule has 0 bridgehead atoms. The van der Waals surface area contributed by atoms with Crippen LogP contribution in [0.2, 0.25) is 0 Å². The van der Waals surface area contributed by atoms with Crippen LogP contribution in [0.15, 0.2) is 24.3 Å². The van der Waals surface area contributed by atoms with Crippen LogP contribution in [0.25, 0.3) is 0 Å². The van der Waals surface area contributed by atoms with Crippen molar-refractivity contribution in [2.45, 2.75) is 25.0 Å². The van der Waals surface area contributed by atoms with E-state index in [2.05, 4.69) is 0 Å². The van der Waals surface area contributed by atoms with Crippen molar-refractivity contribution in [1.29, 1.82) is 0 Å². The van der Waals surface area contributed by atoms with E-state index in [4.69, 9.17) is 14.6 Å². The summed E-state index contributed by atoms with van der Waals surface area (Å²) < 4.78 is 10.4. The molecule has 16 heavy (non-hydrogen) atoms. The fourth-order valence-corrected chi connectivity index (χ4v) is 1.87. The topological polar surface area (TPSA) is 59.1 Å². The van der Waals surface area contributed by atoms with E-state index in [9.17, 15) is 4.79 Å². The first-order valence-corrected chi connectivity index (χ1v) is 5.19. The molecule has 4 nitrogen and oxygen atoms in total. The van der Waals surface area contributed by atoms with Gasteiger partial charge < -0.3 is 14.6 Å². The molecule has 1 saturated heterocycles. The lowest BCUT2D eigenvalue weighted by Crippen LogP contribution is -2.23. The average Bonchev–Trinajstić information content (AvgIpc) is 3.05. The summed E-state index contributed by atoms with van der Waals surface area (Å²) in [6, 6.07) is 7.28.